The number of hydrogen-bond acceptors (Lipinski definition) is 4. The van der Waals surface area contributed by atoms with Crippen molar-refractivity contribution in [1.82, 2.24) is 15.5 Å². The molecular formula is C16H25N3O5. The van der Waals surface area contributed by atoms with Gasteiger partial charge in [0.1, 0.15) is 6.23 Å². The molecular weight excluding hydrogens is 314 g/mol. The van der Waals surface area contributed by atoms with Gasteiger partial charge in [0.05, 0.1) is 6.42 Å². The van der Waals surface area contributed by atoms with Crippen LogP contribution >= 0.6 is 0 Å². The van der Waals surface area contributed by atoms with Crippen molar-refractivity contribution in [3.8, 4) is 0 Å². The second-order valence-corrected chi connectivity index (χ2v) is 6.85. The minimum atomic E-state index is -0.945. The van der Waals surface area contributed by atoms with E-state index in [9.17, 15) is 14.4 Å². The van der Waals surface area contributed by atoms with Crippen molar-refractivity contribution in [3.05, 3.63) is 0 Å². The average molecular weight is 339 g/mol. The maximum atomic E-state index is 12.0. The quantitative estimate of drug-likeness (QED) is 0.692. The summed E-state index contributed by atoms with van der Waals surface area (Å²) in [6.07, 6.45) is 3.42. The summed E-state index contributed by atoms with van der Waals surface area (Å²) >= 11 is 0. The Balaban J connectivity index is 1.54. The summed E-state index contributed by atoms with van der Waals surface area (Å²) in [5.41, 5.74) is 0. The molecule has 134 valence electrons. The molecule has 0 radical (unpaired) electrons. The van der Waals surface area contributed by atoms with Crippen molar-refractivity contribution in [1.29, 1.82) is 0 Å². The highest BCUT2D eigenvalue weighted by Crippen LogP contribution is 2.33. The summed E-state index contributed by atoms with van der Waals surface area (Å²) in [6.45, 7) is 1.94. The minimum Gasteiger partial charge on any atom is -0.481 e. The lowest BCUT2D eigenvalue weighted by molar-refractivity contribution is -0.141. The van der Waals surface area contributed by atoms with Crippen molar-refractivity contribution in [3.63, 3.8) is 0 Å². The molecule has 0 spiro atoms. The predicted octanol–water partition coefficient (Wildman–Crippen LogP) is 0.524. The first-order chi connectivity index (χ1) is 11.5. The fourth-order valence-corrected chi connectivity index (χ4v) is 4.10. The van der Waals surface area contributed by atoms with E-state index in [-0.39, 0.29) is 43.0 Å². The molecule has 3 fully saturated rings. The standard InChI is InChI=1S/C16H25N3O5/c20-12(3-4-13(21)22)19-7-5-10(6-8-19)14-11-2-1-9-24-15(11)18-16(23)17-14/h10-11,14-15H,1-9H2,(H,21,22)(H2,17,18,23)/t11-,14-,15-/m0/s1. The number of urea groups is 1. The van der Waals surface area contributed by atoms with Gasteiger partial charge < -0.3 is 25.4 Å². The van der Waals surface area contributed by atoms with E-state index in [4.69, 9.17) is 9.84 Å². The highest BCUT2D eigenvalue weighted by molar-refractivity contribution is 5.80. The molecule has 3 heterocycles. The number of aliphatic carboxylic acids is 1. The van der Waals surface area contributed by atoms with Crippen LogP contribution in [0.15, 0.2) is 0 Å². The number of hydrogen-bond donors (Lipinski definition) is 3. The van der Waals surface area contributed by atoms with Crippen molar-refractivity contribution in [2.24, 2.45) is 11.8 Å². The number of carboxylic acids is 1. The van der Waals surface area contributed by atoms with Gasteiger partial charge in [-0.1, -0.05) is 0 Å². The molecule has 0 aromatic heterocycles. The van der Waals surface area contributed by atoms with Crippen LogP contribution < -0.4 is 10.6 Å². The fraction of sp³-hybridized carbons (Fsp3) is 0.812. The zero-order chi connectivity index (χ0) is 17.1. The Labute approximate surface area is 140 Å². The van der Waals surface area contributed by atoms with Gasteiger partial charge in [-0.25, -0.2) is 4.79 Å². The van der Waals surface area contributed by atoms with Crippen LogP contribution in [0.1, 0.15) is 38.5 Å². The Hall–Kier alpha value is -1.83. The molecule has 0 aliphatic carbocycles. The number of likely N-dealkylation sites (tertiary alicyclic amines) is 1. The topological polar surface area (TPSA) is 108 Å². The number of piperidine rings is 1. The fourth-order valence-electron chi connectivity index (χ4n) is 4.10. The van der Waals surface area contributed by atoms with Crippen LogP contribution in [0.5, 0.6) is 0 Å². The maximum absolute atomic E-state index is 12.0. The largest absolute Gasteiger partial charge is 0.481 e. The summed E-state index contributed by atoms with van der Waals surface area (Å²) in [5.74, 6) is -0.437. The number of nitrogens with one attached hydrogen (secondary N) is 2. The number of rotatable bonds is 4. The van der Waals surface area contributed by atoms with Gasteiger partial charge in [-0.2, -0.15) is 0 Å². The lowest BCUT2D eigenvalue weighted by atomic mass is 9.77. The highest BCUT2D eigenvalue weighted by atomic mass is 16.5. The van der Waals surface area contributed by atoms with Gasteiger partial charge >= 0.3 is 12.0 Å². The molecule has 3 rings (SSSR count). The molecule has 3 saturated heterocycles. The van der Waals surface area contributed by atoms with Gasteiger partial charge in [0, 0.05) is 38.1 Å². The van der Waals surface area contributed by atoms with Crippen LogP contribution in [0.25, 0.3) is 0 Å². The summed E-state index contributed by atoms with van der Waals surface area (Å²) in [4.78, 5) is 36.2. The molecule has 24 heavy (non-hydrogen) atoms. The Kier molecular flexibility index (Phi) is 5.23. The van der Waals surface area contributed by atoms with E-state index in [1.54, 1.807) is 4.90 Å². The molecule has 3 aliphatic heterocycles. The number of nitrogens with zero attached hydrogens (tertiary/aromatic N) is 1. The summed E-state index contributed by atoms with van der Waals surface area (Å²) in [6, 6.07) is -0.0940. The molecule has 3 N–H and O–H groups in total. The number of carboxylic acid groups (broad SMARTS) is 1. The molecule has 0 unspecified atom stereocenters. The highest BCUT2D eigenvalue weighted by Gasteiger charge is 2.43. The number of amides is 3. The third-order valence-corrected chi connectivity index (χ3v) is 5.35. The van der Waals surface area contributed by atoms with E-state index in [2.05, 4.69) is 10.6 Å². The van der Waals surface area contributed by atoms with Crippen LogP contribution in [0.4, 0.5) is 4.79 Å². The van der Waals surface area contributed by atoms with Crippen LogP contribution in [0.2, 0.25) is 0 Å². The molecule has 0 bridgehead atoms. The van der Waals surface area contributed by atoms with Gasteiger partial charge in [0.15, 0.2) is 0 Å². The molecule has 3 atom stereocenters. The maximum Gasteiger partial charge on any atom is 0.317 e. The lowest BCUT2D eigenvalue weighted by Crippen LogP contribution is -2.65. The van der Waals surface area contributed by atoms with E-state index in [1.165, 1.54) is 0 Å². The third-order valence-electron chi connectivity index (χ3n) is 5.35. The summed E-state index contributed by atoms with van der Waals surface area (Å²) < 4.78 is 5.69. The minimum absolute atomic E-state index is 0.0582. The van der Waals surface area contributed by atoms with Gasteiger partial charge in [0.25, 0.3) is 0 Å². The van der Waals surface area contributed by atoms with Gasteiger partial charge in [0.2, 0.25) is 5.91 Å². The molecule has 3 amide bonds. The zero-order valence-electron chi connectivity index (χ0n) is 13.7. The zero-order valence-corrected chi connectivity index (χ0v) is 13.7. The second kappa shape index (κ2) is 7.38. The Morgan fingerprint density at radius 1 is 1.17 bits per heavy atom. The first-order valence-corrected chi connectivity index (χ1v) is 8.73. The van der Waals surface area contributed by atoms with Crippen molar-refractivity contribution >= 4 is 17.9 Å². The Morgan fingerprint density at radius 2 is 1.92 bits per heavy atom. The Morgan fingerprint density at radius 3 is 2.62 bits per heavy atom. The number of carbonyl (C=O) groups is 3. The van der Waals surface area contributed by atoms with E-state index >= 15 is 0 Å². The van der Waals surface area contributed by atoms with E-state index in [0.29, 0.717) is 25.6 Å². The summed E-state index contributed by atoms with van der Waals surface area (Å²) in [5, 5.41) is 14.6. The van der Waals surface area contributed by atoms with E-state index in [0.717, 1.165) is 25.7 Å². The predicted molar refractivity (Wildman–Crippen MR) is 84.1 cm³/mol. The first kappa shape index (κ1) is 17.0. The SMILES string of the molecule is O=C(O)CCC(=O)N1CCC([C@@H]2NC(=O)N[C@H]3OCCC[C@H]32)CC1. The second-order valence-electron chi connectivity index (χ2n) is 6.85. The van der Waals surface area contributed by atoms with Gasteiger partial charge in [-0.05, 0) is 31.6 Å². The van der Waals surface area contributed by atoms with E-state index < -0.39 is 5.97 Å². The van der Waals surface area contributed by atoms with Gasteiger partial charge in [-0.3, -0.25) is 9.59 Å². The van der Waals surface area contributed by atoms with Crippen LogP contribution in [-0.2, 0) is 14.3 Å². The number of carbonyl (C=O) groups excluding carboxylic acids is 2. The first-order valence-electron chi connectivity index (χ1n) is 8.73. The molecule has 0 aromatic rings. The molecule has 3 aliphatic rings. The monoisotopic (exact) mass is 339 g/mol. The van der Waals surface area contributed by atoms with Crippen molar-refractivity contribution in [2.45, 2.75) is 50.8 Å². The van der Waals surface area contributed by atoms with Crippen LogP contribution in [0, 0.1) is 11.8 Å². The lowest BCUT2D eigenvalue weighted by Gasteiger charge is -2.46. The summed E-state index contributed by atoms with van der Waals surface area (Å²) in [7, 11) is 0. The Bertz CT molecular complexity index is 504. The third kappa shape index (κ3) is 3.80. The van der Waals surface area contributed by atoms with Crippen LogP contribution in [-0.4, -0.2) is 59.9 Å². The van der Waals surface area contributed by atoms with Crippen molar-refractivity contribution in [2.75, 3.05) is 19.7 Å². The van der Waals surface area contributed by atoms with E-state index in [1.807, 2.05) is 0 Å². The molecule has 0 aromatic carbocycles. The number of ether oxygens (including phenoxy) is 1. The number of fused-ring (bicyclic) bond motifs is 1. The average Bonchev–Trinajstić information content (AvgIpc) is 2.59. The normalized spacial score (nSPS) is 30.9. The molecule has 8 heteroatoms. The van der Waals surface area contributed by atoms with Gasteiger partial charge in [-0.15, -0.1) is 0 Å². The van der Waals surface area contributed by atoms with Crippen LogP contribution in [0.3, 0.4) is 0 Å². The molecule has 0 saturated carbocycles. The molecule has 8 nitrogen and oxygen atoms in total. The van der Waals surface area contributed by atoms with Crippen molar-refractivity contribution < 1.29 is 24.2 Å². The smallest absolute Gasteiger partial charge is 0.317 e.